The van der Waals surface area contributed by atoms with Crippen molar-refractivity contribution in [3.05, 3.63) is 66.2 Å². The Balaban J connectivity index is 1.24. The molecule has 0 radical (unpaired) electrons. The number of carbonyl (C=O) groups is 1. The molecule has 8 heteroatoms. The van der Waals surface area contributed by atoms with Crippen LogP contribution in [0.1, 0.15) is 11.3 Å². The maximum atomic E-state index is 12.6. The first-order chi connectivity index (χ1) is 14.7. The van der Waals surface area contributed by atoms with E-state index >= 15 is 0 Å². The molecular formula is C22H21N5O2S. The smallest absolute Gasteiger partial charge is 0.232 e. The van der Waals surface area contributed by atoms with E-state index in [0.717, 1.165) is 11.3 Å². The van der Waals surface area contributed by atoms with E-state index in [0.29, 0.717) is 55.0 Å². The van der Waals surface area contributed by atoms with Crippen LogP contribution in [0, 0.1) is 11.3 Å². The van der Waals surface area contributed by atoms with Crippen LogP contribution < -0.4 is 4.90 Å². The number of thioether (sulfide) groups is 1. The highest BCUT2D eigenvalue weighted by Gasteiger charge is 2.23. The minimum absolute atomic E-state index is 0.118. The molecule has 0 spiro atoms. The predicted octanol–water partition coefficient (Wildman–Crippen LogP) is 3.19. The molecule has 0 unspecified atom stereocenters. The topological polar surface area (TPSA) is 86.3 Å². The summed E-state index contributed by atoms with van der Waals surface area (Å²) in [5, 5.41) is 9.25. The van der Waals surface area contributed by atoms with E-state index in [1.165, 1.54) is 11.8 Å². The van der Waals surface area contributed by atoms with Gasteiger partial charge in [0.15, 0.2) is 0 Å². The van der Waals surface area contributed by atoms with Gasteiger partial charge in [-0.3, -0.25) is 4.79 Å². The van der Waals surface area contributed by atoms with E-state index in [1.54, 1.807) is 24.6 Å². The fourth-order valence-electron chi connectivity index (χ4n) is 3.32. The van der Waals surface area contributed by atoms with Crippen molar-refractivity contribution in [3.63, 3.8) is 0 Å². The Morgan fingerprint density at radius 3 is 2.70 bits per heavy atom. The van der Waals surface area contributed by atoms with Crippen LogP contribution in [0.15, 0.2) is 59.3 Å². The van der Waals surface area contributed by atoms with Gasteiger partial charge in [0.2, 0.25) is 11.8 Å². The molecule has 1 amide bonds. The van der Waals surface area contributed by atoms with Crippen LogP contribution >= 0.6 is 11.8 Å². The summed E-state index contributed by atoms with van der Waals surface area (Å²) >= 11 is 1.54. The Morgan fingerprint density at radius 1 is 1.13 bits per heavy atom. The van der Waals surface area contributed by atoms with E-state index in [1.807, 2.05) is 35.2 Å². The minimum atomic E-state index is 0.118. The average Bonchev–Trinajstić information content (AvgIpc) is 3.28. The van der Waals surface area contributed by atoms with Gasteiger partial charge in [0.05, 0.1) is 17.0 Å². The van der Waals surface area contributed by atoms with Gasteiger partial charge < -0.3 is 14.2 Å². The molecule has 1 aromatic carbocycles. The van der Waals surface area contributed by atoms with Gasteiger partial charge >= 0.3 is 0 Å². The minimum Gasteiger partial charge on any atom is -0.444 e. The lowest BCUT2D eigenvalue weighted by molar-refractivity contribution is -0.128. The van der Waals surface area contributed by atoms with E-state index in [2.05, 4.69) is 20.9 Å². The van der Waals surface area contributed by atoms with Crippen molar-refractivity contribution in [2.75, 3.05) is 36.8 Å². The van der Waals surface area contributed by atoms with E-state index in [4.69, 9.17) is 4.42 Å². The van der Waals surface area contributed by atoms with Crippen LogP contribution in [0.2, 0.25) is 0 Å². The van der Waals surface area contributed by atoms with Crippen molar-refractivity contribution >= 4 is 23.5 Å². The molecule has 4 rings (SSSR count). The highest BCUT2D eigenvalue weighted by molar-refractivity contribution is 7.99. The van der Waals surface area contributed by atoms with Gasteiger partial charge in [0.25, 0.3) is 0 Å². The molecular weight excluding hydrogens is 398 g/mol. The number of carbonyl (C=O) groups excluding carboxylic acids is 1. The van der Waals surface area contributed by atoms with E-state index in [9.17, 15) is 10.1 Å². The fourth-order valence-corrected chi connectivity index (χ4v) is 4.13. The van der Waals surface area contributed by atoms with Crippen LogP contribution in [-0.2, 0) is 10.5 Å². The molecule has 152 valence electrons. The lowest BCUT2D eigenvalue weighted by Crippen LogP contribution is -2.49. The Kier molecular flexibility index (Phi) is 6.30. The third-order valence-corrected chi connectivity index (χ3v) is 5.84. The summed E-state index contributed by atoms with van der Waals surface area (Å²) in [5.41, 5.74) is 2.33. The summed E-state index contributed by atoms with van der Waals surface area (Å²) in [7, 11) is 0. The number of piperazine rings is 1. The summed E-state index contributed by atoms with van der Waals surface area (Å²) in [6.45, 7) is 2.60. The number of amides is 1. The molecule has 1 saturated heterocycles. The second-order valence-corrected chi connectivity index (χ2v) is 7.84. The standard InChI is InChI=1S/C22H21N5O2S/c23-13-18-7-4-8-24-21(18)27-11-9-26(10-12-27)20(28)16-30-15-19-14-29-22(25-19)17-5-2-1-3-6-17/h1-8,14H,9-12,15-16H2. The third-order valence-electron chi connectivity index (χ3n) is 4.89. The Bertz CT molecular complexity index is 1040. The molecule has 3 heterocycles. The quantitative estimate of drug-likeness (QED) is 0.606. The number of aromatic nitrogens is 2. The zero-order valence-corrected chi connectivity index (χ0v) is 17.2. The molecule has 0 saturated carbocycles. The molecule has 7 nitrogen and oxygen atoms in total. The molecule has 1 aliphatic heterocycles. The summed E-state index contributed by atoms with van der Waals surface area (Å²) in [6.07, 6.45) is 3.34. The van der Waals surface area contributed by atoms with E-state index < -0.39 is 0 Å². The number of hydrogen-bond donors (Lipinski definition) is 0. The lowest BCUT2D eigenvalue weighted by atomic mass is 10.2. The van der Waals surface area contributed by atoms with Gasteiger partial charge in [-0.1, -0.05) is 18.2 Å². The number of hydrogen-bond acceptors (Lipinski definition) is 7. The van der Waals surface area contributed by atoms with Crippen LogP contribution in [0.3, 0.4) is 0 Å². The Labute approximate surface area is 179 Å². The van der Waals surface area contributed by atoms with Gasteiger partial charge in [-0.25, -0.2) is 9.97 Å². The van der Waals surface area contributed by atoms with Crippen LogP contribution in [0.25, 0.3) is 11.5 Å². The molecule has 0 aliphatic carbocycles. The van der Waals surface area contributed by atoms with Crippen molar-refractivity contribution in [2.45, 2.75) is 5.75 Å². The summed E-state index contributed by atoms with van der Waals surface area (Å²) in [5.74, 6) is 2.44. The molecule has 3 aromatic rings. The molecule has 1 fully saturated rings. The lowest BCUT2D eigenvalue weighted by Gasteiger charge is -2.35. The number of rotatable bonds is 6. The van der Waals surface area contributed by atoms with Gasteiger partial charge in [0.1, 0.15) is 18.2 Å². The molecule has 1 aliphatic rings. The zero-order valence-electron chi connectivity index (χ0n) is 16.4. The first-order valence-electron chi connectivity index (χ1n) is 9.70. The molecule has 2 aromatic heterocycles. The largest absolute Gasteiger partial charge is 0.444 e. The summed E-state index contributed by atoms with van der Waals surface area (Å²) < 4.78 is 5.54. The van der Waals surface area contributed by atoms with Crippen molar-refractivity contribution in [3.8, 4) is 17.5 Å². The number of nitrogens with zero attached hydrogens (tertiary/aromatic N) is 5. The maximum Gasteiger partial charge on any atom is 0.232 e. The van der Waals surface area contributed by atoms with Gasteiger partial charge in [0, 0.05) is 43.7 Å². The number of nitriles is 1. The Hall–Kier alpha value is -3.31. The predicted molar refractivity (Wildman–Crippen MR) is 116 cm³/mol. The van der Waals surface area contributed by atoms with Crippen molar-refractivity contribution in [1.82, 2.24) is 14.9 Å². The Morgan fingerprint density at radius 2 is 1.93 bits per heavy atom. The normalized spacial score (nSPS) is 13.8. The number of benzene rings is 1. The van der Waals surface area contributed by atoms with Crippen molar-refractivity contribution in [1.29, 1.82) is 5.26 Å². The van der Waals surface area contributed by atoms with Gasteiger partial charge in [-0.15, -0.1) is 11.8 Å². The first-order valence-corrected chi connectivity index (χ1v) is 10.9. The number of anilines is 1. The van der Waals surface area contributed by atoms with Crippen LogP contribution in [0.5, 0.6) is 0 Å². The third kappa shape index (κ3) is 4.63. The highest BCUT2D eigenvalue weighted by atomic mass is 32.2. The molecule has 0 atom stereocenters. The summed E-state index contributed by atoms with van der Waals surface area (Å²) in [6, 6.07) is 15.5. The zero-order chi connectivity index (χ0) is 20.8. The molecule has 0 N–H and O–H groups in total. The second kappa shape index (κ2) is 9.46. The number of oxazole rings is 1. The van der Waals surface area contributed by atoms with E-state index in [-0.39, 0.29) is 5.91 Å². The van der Waals surface area contributed by atoms with Gasteiger partial charge in [-0.05, 0) is 24.3 Å². The SMILES string of the molecule is N#Cc1cccnc1N1CCN(C(=O)CSCc2coc(-c3ccccc3)n2)CC1. The van der Waals surface area contributed by atoms with Crippen LogP contribution in [0.4, 0.5) is 5.82 Å². The average molecular weight is 420 g/mol. The monoisotopic (exact) mass is 419 g/mol. The van der Waals surface area contributed by atoms with Crippen molar-refractivity contribution in [2.24, 2.45) is 0 Å². The van der Waals surface area contributed by atoms with Crippen LogP contribution in [-0.4, -0.2) is 52.7 Å². The fraction of sp³-hybridized carbons (Fsp3) is 0.273. The highest BCUT2D eigenvalue weighted by Crippen LogP contribution is 2.21. The second-order valence-electron chi connectivity index (χ2n) is 6.86. The summed E-state index contributed by atoms with van der Waals surface area (Å²) in [4.78, 5) is 25.3. The van der Waals surface area contributed by atoms with Crippen molar-refractivity contribution < 1.29 is 9.21 Å². The maximum absolute atomic E-state index is 12.6. The first kappa shape index (κ1) is 20.0. The van der Waals surface area contributed by atoms with Gasteiger partial charge in [-0.2, -0.15) is 5.26 Å². The molecule has 30 heavy (non-hydrogen) atoms. The molecule has 0 bridgehead atoms. The number of pyridine rings is 1.